The highest BCUT2D eigenvalue weighted by molar-refractivity contribution is 7.15. The zero-order valence-electron chi connectivity index (χ0n) is 18.8. The van der Waals surface area contributed by atoms with Crippen molar-refractivity contribution in [1.29, 1.82) is 0 Å². The lowest BCUT2D eigenvalue weighted by atomic mass is 10.1. The molecule has 3 aromatic heterocycles. The molecule has 2 aromatic carbocycles. The van der Waals surface area contributed by atoms with Crippen molar-refractivity contribution in [3.8, 4) is 17.1 Å². The largest absolute Gasteiger partial charge is 0.497 e. The highest BCUT2D eigenvalue weighted by Gasteiger charge is 2.13. The molecule has 0 atom stereocenters. The van der Waals surface area contributed by atoms with Gasteiger partial charge in [-0.25, -0.2) is 0 Å². The van der Waals surface area contributed by atoms with Crippen LogP contribution in [0, 0.1) is 0 Å². The maximum absolute atomic E-state index is 13.0. The molecule has 0 unspecified atom stereocenters. The predicted octanol–water partition coefficient (Wildman–Crippen LogP) is 3.12. The van der Waals surface area contributed by atoms with Crippen molar-refractivity contribution in [1.82, 2.24) is 14.6 Å². The van der Waals surface area contributed by atoms with Crippen LogP contribution in [0.2, 0.25) is 0 Å². The highest BCUT2D eigenvalue weighted by Crippen LogP contribution is 2.23. The molecule has 0 aliphatic heterocycles. The topological polar surface area (TPSA) is 104 Å². The Morgan fingerprint density at radius 1 is 1.06 bits per heavy atom. The molecule has 0 bridgehead atoms. The van der Waals surface area contributed by atoms with Gasteiger partial charge in [0, 0.05) is 23.6 Å². The first-order valence-electron chi connectivity index (χ1n) is 10.7. The SMILES string of the molecule is COc1ccc(Cc2nn3c(=O)/c(=C/c4ccc(-c5ccc(C(C)=O)cc5)o4)sc3nc2=O)cc1. The van der Waals surface area contributed by atoms with Crippen LogP contribution in [0.1, 0.15) is 34.3 Å². The third kappa shape index (κ3) is 4.53. The van der Waals surface area contributed by atoms with Gasteiger partial charge in [-0.15, -0.1) is 0 Å². The molecule has 0 radical (unpaired) electrons. The van der Waals surface area contributed by atoms with Crippen LogP contribution < -0.4 is 20.4 Å². The first-order chi connectivity index (χ1) is 16.9. The molecule has 35 heavy (non-hydrogen) atoms. The molecule has 9 heteroatoms. The van der Waals surface area contributed by atoms with Crippen LogP contribution in [0.5, 0.6) is 5.75 Å². The molecule has 8 nitrogen and oxygen atoms in total. The third-order valence-electron chi connectivity index (χ3n) is 5.46. The number of nitrogens with zero attached hydrogens (tertiary/aromatic N) is 3. The van der Waals surface area contributed by atoms with Gasteiger partial charge in [0.1, 0.15) is 27.5 Å². The summed E-state index contributed by atoms with van der Waals surface area (Å²) in [4.78, 5) is 41.2. The monoisotopic (exact) mass is 485 g/mol. The van der Waals surface area contributed by atoms with Gasteiger partial charge < -0.3 is 9.15 Å². The molecular weight excluding hydrogens is 466 g/mol. The molecule has 0 N–H and O–H groups in total. The van der Waals surface area contributed by atoms with Crippen molar-refractivity contribution in [2.75, 3.05) is 7.11 Å². The Bertz CT molecular complexity index is 1710. The maximum atomic E-state index is 13.0. The van der Waals surface area contributed by atoms with E-state index in [9.17, 15) is 14.4 Å². The quantitative estimate of drug-likeness (QED) is 0.340. The third-order valence-corrected chi connectivity index (χ3v) is 6.42. The molecule has 0 aliphatic carbocycles. The van der Waals surface area contributed by atoms with E-state index >= 15 is 0 Å². The number of benzene rings is 2. The van der Waals surface area contributed by atoms with Gasteiger partial charge >= 0.3 is 0 Å². The molecular formula is C26H19N3O5S. The lowest BCUT2D eigenvalue weighted by Crippen LogP contribution is -2.28. The number of carbonyl (C=O) groups is 1. The minimum atomic E-state index is -0.470. The van der Waals surface area contributed by atoms with E-state index in [0.29, 0.717) is 27.4 Å². The van der Waals surface area contributed by atoms with Gasteiger partial charge in [0.2, 0.25) is 4.96 Å². The second kappa shape index (κ2) is 9.11. The Morgan fingerprint density at radius 2 is 1.80 bits per heavy atom. The Hall–Kier alpha value is -4.37. The van der Waals surface area contributed by atoms with Gasteiger partial charge in [-0.1, -0.05) is 47.7 Å². The number of aromatic nitrogens is 3. The Morgan fingerprint density at radius 3 is 2.49 bits per heavy atom. The number of Topliss-reactive ketones (excluding diaryl/α,β-unsaturated/α-hetero) is 1. The average Bonchev–Trinajstić information content (AvgIpc) is 3.45. The van der Waals surface area contributed by atoms with Gasteiger partial charge in [-0.05, 0) is 36.8 Å². The number of methoxy groups -OCH3 is 1. The number of fused-ring (bicyclic) bond motifs is 1. The number of ketones is 1. The zero-order chi connectivity index (χ0) is 24.5. The summed E-state index contributed by atoms with van der Waals surface area (Å²) in [6.45, 7) is 1.51. The lowest BCUT2D eigenvalue weighted by molar-refractivity contribution is 0.101. The number of carbonyl (C=O) groups excluding carboxylic acids is 1. The molecule has 0 saturated heterocycles. The fourth-order valence-corrected chi connectivity index (χ4v) is 4.46. The van der Waals surface area contributed by atoms with Crippen molar-refractivity contribution in [3.63, 3.8) is 0 Å². The van der Waals surface area contributed by atoms with E-state index in [1.807, 2.05) is 24.3 Å². The number of rotatable bonds is 6. The number of thiazole rings is 1. The van der Waals surface area contributed by atoms with E-state index < -0.39 is 5.56 Å². The normalized spacial score (nSPS) is 11.8. The van der Waals surface area contributed by atoms with Gasteiger partial charge in [-0.3, -0.25) is 14.4 Å². The van der Waals surface area contributed by atoms with Crippen LogP contribution in [-0.2, 0) is 6.42 Å². The van der Waals surface area contributed by atoms with E-state index in [2.05, 4.69) is 10.1 Å². The zero-order valence-corrected chi connectivity index (χ0v) is 19.7. The molecule has 0 fully saturated rings. The van der Waals surface area contributed by atoms with E-state index in [4.69, 9.17) is 9.15 Å². The first kappa shape index (κ1) is 22.4. The molecule has 174 valence electrons. The summed E-state index contributed by atoms with van der Waals surface area (Å²) in [6, 6.07) is 17.9. The molecule has 5 rings (SSSR count). The number of furan rings is 1. The van der Waals surface area contributed by atoms with Crippen molar-refractivity contribution in [3.05, 3.63) is 108 Å². The van der Waals surface area contributed by atoms with E-state index in [0.717, 1.165) is 27.0 Å². The Balaban J connectivity index is 1.46. The van der Waals surface area contributed by atoms with Crippen molar-refractivity contribution < 1.29 is 13.9 Å². The van der Waals surface area contributed by atoms with Gasteiger partial charge in [-0.2, -0.15) is 14.6 Å². The molecule has 0 saturated carbocycles. The van der Waals surface area contributed by atoms with Crippen LogP contribution in [0.4, 0.5) is 0 Å². The average molecular weight is 486 g/mol. The van der Waals surface area contributed by atoms with E-state index in [1.54, 1.807) is 49.6 Å². The van der Waals surface area contributed by atoms with Crippen LogP contribution in [0.3, 0.4) is 0 Å². The summed E-state index contributed by atoms with van der Waals surface area (Å²) < 4.78 is 12.5. The first-order valence-corrected chi connectivity index (χ1v) is 11.5. The van der Waals surface area contributed by atoms with E-state index in [-0.39, 0.29) is 28.4 Å². The summed E-state index contributed by atoms with van der Waals surface area (Å²) >= 11 is 1.07. The summed E-state index contributed by atoms with van der Waals surface area (Å²) in [6.07, 6.45) is 1.85. The van der Waals surface area contributed by atoms with Crippen LogP contribution in [-0.4, -0.2) is 27.5 Å². The molecule has 0 aliphatic rings. The van der Waals surface area contributed by atoms with Crippen LogP contribution in [0.25, 0.3) is 22.4 Å². The van der Waals surface area contributed by atoms with Crippen molar-refractivity contribution in [2.45, 2.75) is 13.3 Å². The summed E-state index contributed by atoms with van der Waals surface area (Å²) in [5.41, 5.74) is 1.62. The summed E-state index contributed by atoms with van der Waals surface area (Å²) in [5.74, 6) is 1.78. The Kier molecular flexibility index (Phi) is 5.84. The second-order valence-corrected chi connectivity index (χ2v) is 8.84. The number of ether oxygens (including phenoxy) is 1. The fraction of sp³-hybridized carbons (Fsp3) is 0.115. The number of hydrogen-bond donors (Lipinski definition) is 0. The Labute approximate surface area is 202 Å². The van der Waals surface area contributed by atoms with E-state index in [1.165, 1.54) is 6.92 Å². The molecule has 3 heterocycles. The minimum absolute atomic E-state index is 0.00846. The summed E-state index contributed by atoms with van der Waals surface area (Å²) in [7, 11) is 1.58. The molecule has 0 spiro atoms. The van der Waals surface area contributed by atoms with Gasteiger partial charge in [0.05, 0.1) is 7.11 Å². The smallest absolute Gasteiger partial charge is 0.296 e. The van der Waals surface area contributed by atoms with Crippen molar-refractivity contribution in [2.24, 2.45) is 0 Å². The predicted molar refractivity (Wildman–Crippen MR) is 132 cm³/mol. The standard InChI is InChI=1S/C26H19N3O5S/c1-15(30)17-5-7-18(8-6-17)22-12-11-20(34-22)14-23-25(32)29-26(35-23)27-24(31)21(28-29)13-16-3-9-19(33-2)10-4-16/h3-12,14H,13H2,1-2H3/b23-14-. The molecule has 5 aromatic rings. The summed E-state index contributed by atoms with van der Waals surface area (Å²) in [5, 5.41) is 4.28. The van der Waals surface area contributed by atoms with Crippen molar-refractivity contribution >= 4 is 28.2 Å². The second-order valence-electron chi connectivity index (χ2n) is 7.83. The van der Waals surface area contributed by atoms with Gasteiger partial charge in [0.25, 0.3) is 11.1 Å². The number of hydrogen-bond acceptors (Lipinski definition) is 8. The molecule has 0 amide bonds. The van der Waals surface area contributed by atoms with Crippen LogP contribution >= 0.6 is 11.3 Å². The van der Waals surface area contributed by atoms with Crippen LogP contribution in [0.15, 0.2) is 74.7 Å². The minimum Gasteiger partial charge on any atom is -0.497 e. The lowest BCUT2D eigenvalue weighted by Gasteiger charge is -2.02. The highest BCUT2D eigenvalue weighted by atomic mass is 32.1. The maximum Gasteiger partial charge on any atom is 0.296 e. The van der Waals surface area contributed by atoms with Gasteiger partial charge in [0.15, 0.2) is 5.78 Å². The fourth-order valence-electron chi connectivity index (χ4n) is 3.57.